The SMILES string of the molecule is CCOc1cc(/C=N/NC(=O)c2cccc(OC)c2)cc(Br)c1OCC(=O)Nc1ccc(C)cc1. The van der Waals surface area contributed by atoms with Crippen molar-refractivity contribution >= 4 is 39.6 Å². The minimum Gasteiger partial charge on any atom is -0.497 e. The summed E-state index contributed by atoms with van der Waals surface area (Å²) in [4.78, 5) is 24.6. The van der Waals surface area contributed by atoms with Crippen LogP contribution in [0.2, 0.25) is 0 Å². The van der Waals surface area contributed by atoms with Crippen molar-refractivity contribution in [1.82, 2.24) is 5.43 Å². The molecular formula is C26H26BrN3O5. The summed E-state index contributed by atoms with van der Waals surface area (Å²) in [6.07, 6.45) is 1.49. The second-order valence-corrected chi connectivity index (χ2v) is 8.25. The Morgan fingerprint density at radius 2 is 1.83 bits per heavy atom. The maximum atomic E-state index is 12.3. The number of hydrazone groups is 1. The Morgan fingerprint density at radius 1 is 1.06 bits per heavy atom. The largest absolute Gasteiger partial charge is 0.497 e. The molecule has 2 amide bonds. The van der Waals surface area contributed by atoms with Crippen molar-refractivity contribution in [3.63, 3.8) is 0 Å². The number of nitrogens with one attached hydrogen (secondary N) is 2. The lowest BCUT2D eigenvalue weighted by atomic mass is 10.2. The normalized spacial score (nSPS) is 10.6. The van der Waals surface area contributed by atoms with Gasteiger partial charge in [-0.3, -0.25) is 9.59 Å². The van der Waals surface area contributed by atoms with E-state index in [2.05, 4.69) is 31.8 Å². The molecule has 8 nitrogen and oxygen atoms in total. The van der Waals surface area contributed by atoms with Gasteiger partial charge in [0.2, 0.25) is 0 Å². The molecule has 3 rings (SSSR count). The van der Waals surface area contributed by atoms with Gasteiger partial charge in [-0.15, -0.1) is 0 Å². The van der Waals surface area contributed by atoms with Crippen LogP contribution in [-0.4, -0.2) is 38.4 Å². The first-order chi connectivity index (χ1) is 16.9. The van der Waals surface area contributed by atoms with Crippen LogP contribution in [0.15, 0.2) is 70.2 Å². The molecule has 0 aliphatic carbocycles. The average Bonchev–Trinajstić information content (AvgIpc) is 2.85. The second kappa shape index (κ2) is 12.6. The second-order valence-electron chi connectivity index (χ2n) is 7.40. The molecule has 0 radical (unpaired) electrons. The van der Waals surface area contributed by atoms with Crippen LogP contribution in [0, 0.1) is 6.92 Å². The number of hydrogen-bond donors (Lipinski definition) is 2. The van der Waals surface area contributed by atoms with Crippen molar-refractivity contribution in [2.75, 3.05) is 25.6 Å². The molecule has 182 valence electrons. The van der Waals surface area contributed by atoms with Gasteiger partial charge in [0, 0.05) is 11.3 Å². The fraction of sp³-hybridized carbons (Fsp3) is 0.192. The third kappa shape index (κ3) is 7.58. The number of benzene rings is 3. The van der Waals surface area contributed by atoms with Gasteiger partial charge in [0.25, 0.3) is 11.8 Å². The zero-order valence-corrected chi connectivity index (χ0v) is 21.2. The minimum atomic E-state index is -0.371. The van der Waals surface area contributed by atoms with Crippen LogP contribution in [0.3, 0.4) is 0 Å². The monoisotopic (exact) mass is 539 g/mol. The van der Waals surface area contributed by atoms with Crippen molar-refractivity contribution < 1.29 is 23.8 Å². The maximum Gasteiger partial charge on any atom is 0.271 e. The van der Waals surface area contributed by atoms with Gasteiger partial charge in [-0.1, -0.05) is 23.8 Å². The first-order valence-corrected chi connectivity index (χ1v) is 11.6. The number of carbonyl (C=O) groups is 2. The number of amides is 2. The summed E-state index contributed by atoms with van der Waals surface area (Å²) in [5.41, 5.74) is 5.36. The maximum absolute atomic E-state index is 12.3. The van der Waals surface area contributed by atoms with Crippen molar-refractivity contribution in [3.8, 4) is 17.2 Å². The number of ether oxygens (including phenoxy) is 3. The molecule has 9 heteroatoms. The van der Waals surface area contributed by atoms with E-state index in [-0.39, 0.29) is 18.4 Å². The summed E-state index contributed by atoms with van der Waals surface area (Å²) in [5.74, 6) is 0.738. The Hall–Kier alpha value is -3.85. The van der Waals surface area contributed by atoms with Gasteiger partial charge in [-0.05, 0) is 77.8 Å². The van der Waals surface area contributed by atoms with E-state index in [0.29, 0.717) is 45.1 Å². The van der Waals surface area contributed by atoms with Crippen LogP contribution < -0.4 is 25.0 Å². The number of carbonyl (C=O) groups excluding carboxylic acids is 2. The molecule has 0 fully saturated rings. The molecule has 3 aromatic carbocycles. The van der Waals surface area contributed by atoms with E-state index in [1.165, 1.54) is 13.3 Å². The van der Waals surface area contributed by atoms with E-state index in [9.17, 15) is 9.59 Å². The van der Waals surface area contributed by atoms with Crippen molar-refractivity contribution in [2.45, 2.75) is 13.8 Å². The van der Waals surface area contributed by atoms with Crippen molar-refractivity contribution in [1.29, 1.82) is 0 Å². The lowest BCUT2D eigenvalue weighted by molar-refractivity contribution is -0.118. The topological polar surface area (TPSA) is 98.2 Å². The zero-order chi connectivity index (χ0) is 25.2. The van der Waals surface area contributed by atoms with Gasteiger partial charge in [0.05, 0.1) is 24.4 Å². The van der Waals surface area contributed by atoms with Gasteiger partial charge in [-0.25, -0.2) is 5.43 Å². The third-order valence-corrected chi connectivity index (χ3v) is 5.32. The Morgan fingerprint density at radius 3 is 2.54 bits per heavy atom. The smallest absolute Gasteiger partial charge is 0.271 e. The highest BCUT2D eigenvalue weighted by atomic mass is 79.9. The van der Waals surface area contributed by atoms with Gasteiger partial charge in [0.15, 0.2) is 18.1 Å². The summed E-state index contributed by atoms with van der Waals surface area (Å²) in [6.45, 7) is 4.02. The Kier molecular flexibility index (Phi) is 9.25. The number of nitrogens with zero attached hydrogens (tertiary/aromatic N) is 1. The molecule has 0 unspecified atom stereocenters. The number of anilines is 1. The molecule has 3 aromatic rings. The van der Waals surface area contributed by atoms with Crippen molar-refractivity contribution in [3.05, 3.63) is 81.8 Å². The summed E-state index contributed by atoms with van der Waals surface area (Å²) < 4.78 is 17.1. The molecule has 0 heterocycles. The first kappa shape index (κ1) is 25.8. The standard InChI is InChI=1S/C26H26BrN3O5/c1-4-34-23-13-18(15-28-30-26(32)19-6-5-7-21(14-19)33-3)12-22(27)25(23)35-16-24(31)29-20-10-8-17(2)9-11-20/h5-15H,4,16H2,1-3H3,(H,29,31)(H,30,32)/b28-15+. The number of rotatable bonds is 10. The van der Waals surface area contributed by atoms with E-state index in [4.69, 9.17) is 14.2 Å². The minimum absolute atomic E-state index is 0.198. The summed E-state index contributed by atoms with van der Waals surface area (Å²) >= 11 is 3.47. The molecule has 0 saturated carbocycles. The summed E-state index contributed by atoms with van der Waals surface area (Å²) in [6, 6.07) is 17.7. The van der Waals surface area contributed by atoms with Gasteiger partial charge in [0.1, 0.15) is 5.75 Å². The van der Waals surface area contributed by atoms with Crippen LogP contribution in [0.1, 0.15) is 28.4 Å². The number of aryl methyl sites for hydroxylation is 1. The molecule has 0 aliphatic rings. The van der Waals surface area contributed by atoms with E-state index in [1.54, 1.807) is 36.4 Å². The molecule has 2 N–H and O–H groups in total. The first-order valence-electron chi connectivity index (χ1n) is 10.8. The highest BCUT2D eigenvalue weighted by Crippen LogP contribution is 2.36. The fourth-order valence-electron chi connectivity index (χ4n) is 3.03. The van der Waals surface area contributed by atoms with E-state index >= 15 is 0 Å². The average molecular weight is 540 g/mol. The Bertz CT molecular complexity index is 1210. The molecule has 0 saturated heterocycles. The third-order valence-electron chi connectivity index (χ3n) is 4.73. The molecule has 0 spiro atoms. The summed E-state index contributed by atoms with van der Waals surface area (Å²) in [7, 11) is 1.53. The highest BCUT2D eigenvalue weighted by molar-refractivity contribution is 9.10. The summed E-state index contributed by atoms with van der Waals surface area (Å²) in [5, 5.41) is 6.82. The van der Waals surface area contributed by atoms with Gasteiger partial charge in [-0.2, -0.15) is 5.10 Å². The quantitative estimate of drug-likeness (QED) is 0.280. The lowest BCUT2D eigenvalue weighted by Crippen LogP contribution is -2.20. The van der Waals surface area contributed by atoms with Crippen LogP contribution >= 0.6 is 15.9 Å². The molecular weight excluding hydrogens is 514 g/mol. The molecule has 0 bridgehead atoms. The Balaban J connectivity index is 1.65. The zero-order valence-electron chi connectivity index (χ0n) is 19.6. The van der Waals surface area contributed by atoms with E-state index < -0.39 is 0 Å². The predicted octanol–water partition coefficient (Wildman–Crippen LogP) is 4.95. The molecule has 0 atom stereocenters. The van der Waals surface area contributed by atoms with Crippen LogP contribution in [0.25, 0.3) is 0 Å². The van der Waals surface area contributed by atoms with E-state index in [0.717, 1.165) is 5.56 Å². The Labute approximate surface area is 212 Å². The number of methoxy groups -OCH3 is 1. The molecule has 35 heavy (non-hydrogen) atoms. The highest BCUT2D eigenvalue weighted by Gasteiger charge is 2.14. The van der Waals surface area contributed by atoms with Crippen LogP contribution in [-0.2, 0) is 4.79 Å². The van der Waals surface area contributed by atoms with Crippen LogP contribution in [0.4, 0.5) is 5.69 Å². The van der Waals surface area contributed by atoms with Crippen molar-refractivity contribution in [2.24, 2.45) is 5.10 Å². The van der Waals surface area contributed by atoms with E-state index in [1.807, 2.05) is 38.1 Å². The predicted molar refractivity (Wildman–Crippen MR) is 139 cm³/mol. The number of hydrogen-bond acceptors (Lipinski definition) is 6. The van der Waals surface area contributed by atoms with Gasteiger partial charge >= 0.3 is 0 Å². The molecule has 0 aliphatic heterocycles. The molecule has 0 aromatic heterocycles. The fourth-order valence-corrected chi connectivity index (χ4v) is 3.61. The number of halogens is 1. The van der Waals surface area contributed by atoms with Gasteiger partial charge < -0.3 is 19.5 Å². The van der Waals surface area contributed by atoms with Crippen LogP contribution in [0.5, 0.6) is 17.2 Å². The lowest BCUT2D eigenvalue weighted by Gasteiger charge is -2.14.